The van der Waals surface area contributed by atoms with Crippen molar-refractivity contribution >= 4 is 39.2 Å². The van der Waals surface area contributed by atoms with Crippen LogP contribution in [0.4, 0.5) is 0 Å². The molecule has 0 spiro atoms. The predicted molar refractivity (Wildman–Crippen MR) is 83.7 cm³/mol. The van der Waals surface area contributed by atoms with Gasteiger partial charge < -0.3 is 5.32 Å². The van der Waals surface area contributed by atoms with E-state index in [-0.39, 0.29) is 17.2 Å². The third-order valence-electron chi connectivity index (χ3n) is 3.08. The van der Waals surface area contributed by atoms with E-state index in [0.29, 0.717) is 17.1 Å². The van der Waals surface area contributed by atoms with E-state index in [1.807, 2.05) is 20.8 Å². The maximum Gasteiger partial charge on any atom is 0.262 e. The Morgan fingerprint density at radius 2 is 2.15 bits per heavy atom. The van der Waals surface area contributed by atoms with Crippen LogP contribution in [0.25, 0.3) is 10.2 Å². The molecular formula is C13H17N3O2S2. The third-order valence-corrected chi connectivity index (χ3v) is 5.21. The monoisotopic (exact) mass is 311 g/mol. The Hall–Kier alpha value is -1.34. The minimum atomic E-state index is -0.0506. The number of thiophene rings is 1. The minimum absolute atomic E-state index is 0.0461. The summed E-state index contributed by atoms with van der Waals surface area (Å²) >= 11 is 2.81. The number of amides is 1. The van der Waals surface area contributed by atoms with Gasteiger partial charge in [0.2, 0.25) is 5.91 Å². The molecule has 2 heterocycles. The second-order valence-corrected chi connectivity index (χ2v) is 6.61. The molecule has 0 aliphatic rings. The van der Waals surface area contributed by atoms with E-state index in [1.165, 1.54) is 27.7 Å². The molecule has 20 heavy (non-hydrogen) atoms. The molecule has 0 saturated heterocycles. The quantitative estimate of drug-likeness (QED) is 0.691. The van der Waals surface area contributed by atoms with Gasteiger partial charge in [0.25, 0.3) is 5.56 Å². The van der Waals surface area contributed by atoms with Gasteiger partial charge in [0.05, 0.1) is 11.1 Å². The molecule has 0 aromatic carbocycles. The number of fused-ring (bicyclic) bond motifs is 1. The van der Waals surface area contributed by atoms with Crippen LogP contribution in [0.1, 0.15) is 17.4 Å². The lowest BCUT2D eigenvalue weighted by Crippen LogP contribution is -2.25. The van der Waals surface area contributed by atoms with Crippen molar-refractivity contribution in [2.24, 2.45) is 7.05 Å². The van der Waals surface area contributed by atoms with E-state index in [1.54, 1.807) is 7.05 Å². The van der Waals surface area contributed by atoms with Crippen LogP contribution in [0, 0.1) is 13.8 Å². The highest BCUT2D eigenvalue weighted by molar-refractivity contribution is 7.99. The van der Waals surface area contributed by atoms with Gasteiger partial charge in [-0.05, 0) is 26.3 Å². The molecule has 0 bridgehead atoms. The van der Waals surface area contributed by atoms with Crippen molar-refractivity contribution < 1.29 is 4.79 Å². The first-order valence-electron chi connectivity index (χ1n) is 6.32. The van der Waals surface area contributed by atoms with Gasteiger partial charge in [-0.15, -0.1) is 11.3 Å². The number of nitrogens with one attached hydrogen (secondary N) is 1. The molecule has 0 unspecified atom stereocenters. The molecule has 0 fully saturated rings. The van der Waals surface area contributed by atoms with Crippen molar-refractivity contribution in [2.75, 3.05) is 12.3 Å². The summed E-state index contributed by atoms with van der Waals surface area (Å²) in [4.78, 5) is 30.2. The fourth-order valence-corrected chi connectivity index (χ4v) is 3.74. The van der Waals surface area contributed by atoms with Crippen LogP contribution in [0.3, 0.4) is 0 Å². The maximum absolute atomic E-state index is 12.4. The van der Waals surface area contributed by atoms with Crippen molar-refractivity contribution in [3.05, 3.63) is 20.8 Å². The first kappa shape index (κ1) is 15.1. The zero-order chi connectivity index (χ0) is 14.9. The highest BCUT2D eigenvalue weighted by atomic mass is 32.2. The summed E-state index contributed by atoms with van der Waals surface area (Å²) in [7, 11) is 1.70. The zero-order valence-electron chi connectivity index (χ0n) is 11.9. The lowest BCUT2D eigenvalue weighted by Gasteiger charge is -2.07. The predicted octanol–water partition coefficient (Wildman–Crippen LogP) is 1.84. The van der Waals surface area contributed by atoms with E-state index >= 15 is 0 Å². The molecule has 0 radical (unpaired) electrons. The number of nitrogens with zero attached hydrogens (tertiary/aromatic N) is 2. The molecule has 1 amide bonds. The number of thioether (sulfide) groups is 1. The molecule has 0 aliphatic carbocycles. The molecule has 2 aromatic heterocycles. The van der Waals surface area contributed by atoms with Crippen LogP contribution < -0.4 is 10.9 Å². The van der Waals surface area contributed by atoms with Crippen LogP contribution >= 0.6 is 23.1 Å². The fraction of sp³-hybridized carbons (Fsp3) is 0.462. The summed E-state index contributed by atoms with van der Waals surface area (Å²) in [5.41, 5.74) is 0.952. The van der Waals surface area contributed by atoms with Crippen LogP contribution in [0.2, 0.25) is 0 Å². The Morgan fingerprint density at radius 1 is 1.45 bits per heavy atom. The highest BCUT2D eigenvalue weighted by Gasteiger charge is 2.15. The summed E-state index contributed by atoms with van der Waals surface area (Å²) in [6.45, 7) is 6.41. The average molecular weight is 311 g/mol. The Labute approximate surface area is 125 Å². The standard InChI is InChI=1S/C13H17N3O2S2/c1-5-14-9(17)6-19-13-15-11-10(12(18)16(13)4)7(2)8(3)20-11/h5-6H2,1-4H3,(H,14,17). The van der Waals surface area contributed by atoms with Crippen LogP contribution in [0.15, 0.2) is 9.95 Å². The Bertz CT molecular complexity index is 718. The number of carbonyl (C=O) groups is 1. The molecule has 5 nitrogen and oxygen atoms in total. The van der Waals surface area contributed by atoms with Gasteiger partial charge >= 0.3 is 0 Å². The van der Waals surface area contributed by atoms with Gasteiger partial charge in [-0.3, -0.25) is 14.2 Å². The second-order valence-electron chi connectivity index (χ2n) is 4.46. The van der Waals surface area contributed by atoms with Gasteiger partial charge in [-0.1, -0.05) is 11.8 Å². The van der Waals surface area contributed by atoms with Crippen molar-refractivity contribution in [3.63, 3.8) is 0 Å². The van der Waals surface area contributed by atoms with Gasteiger partial charge in [0.1, 0.15) is 4.83 Å². The molecule has 2 rings (SSSR count). The fourth-order valence-electron chi connectivity index (χ4n) is 1.86. The second kappa shape index (κ2) is 5.97. The molecule has 108 valence electrons. The van der Waals surface area contributed by atoms with Crippen molar-refractivity contribution in [1.29, 1.82) is 0 Å². The summed E-state index contributed by atoms with van der Waals surface area (Å²) in [6.07, 6.45) is 0. The number of aryl methyl sites for hydroxylation is 2. The van der Waals surface area contributed by atoms with Crippen molar-refractivity contribution in [1.82, 2.24) is 14.9 Å². The summed E-state index contributed by atoms with van der Waals surface area (Å²) in [5.74, 6) is 0.216. The van der Waals surface area contributed by atoms with E-state index in [9.17, 15) is 9.59 Å². The number of aromatic nitrogens is 2. The Morgan fingerprint density at radius 3 is 2.80 bits per heavy atom. The van der Waals surface area contributed by atoms with Crippen LogP contribution in [0.5, 0.6) is 0 Å². The molecular weight excluding hydrogens is 294 g/mol. The summed E-state index contributed by atoms with van der Waals surface area (Å²) in [6, 6.07) is 0. The smallest absolute Gasteiger partial charge is 0.262 e. The molecule has 2 aromatic rings. The van der Waals surface area contributed by atoms with Gasteiger partial charge in [0.15, 0.2) is 5.16 Å². The van der Waals surface area contributed by atoms with Gasteiger partial charge in [-0.25, -0.2) is 4.98 Å². The van der Waals surface area contributed by atoms with E-state index in [2.05, 4.69) is 10.3 Å². The van der Waals surface area contributed by atoms with Crippen LogP contribution in [-0.4, -0.2) is 27.8 Å². The Balaban J connectivity index is 2.38. The molecule has 1 N–H and O–H groups in total. The molecule has 7 heteroatoms. The normalized spacial score (nSPS) is 11.0. The topological polar surface area (TPSA) is 64.0 Å². The average Bonchev–Trinajstić information content (AvgIpc) is 2.68. The van der Waals surface area contributed by atoms with Gasteiger partial charge in [-0.2, -0.15) is 0 Å². The van der Waals surface area contributed by atoms with Crippen LogP contribution in [-0.2, 0) is 11.8 Å². The Kier molecular flexibility index (Phi) is 4.49. The minimum Gasteiger partial charge on any atom is -0.356 e. The van der Waals surface area contributed by atoms with E-state index < -0.39 is 0 Å². The molecule has 0 saturated carbocycles. The summed E-state index contributed by atoms with van der Waals surface area (Å²) < 4.78 is 1.52. The lowest BCUT2D eigenvalue weighted by molar-refractivity contribution is -0.118. The zero-order valence-corrected chi connectivity index (χ0v) is 13.6. The molecule has 0 aliphatic heterocycles. The summed E-state index contributed by atoms with van der Waals surface area (Å²) in [5, 5.41) is 4.00. The maximum atomic E-state index is 12.4. The lowest BCUT2D eigenvalue weighted by atomic mass is 10.2. The van der Waals surface area contributed by atoms with E-state index in [0.717, 1.165) is 15.3 Å². The number of rotatable bonds is 4. The van der Waals surface area contributed by atoms with E-state index in [4.69, 9.17) is 0 Å². The number of carbonyl (C=O) groups excluding carboxylic acids is 1. The van der Waals surface area contributed by atoms with Gasteiger partial charge in [0, 0.05) is 18.5 Å². The van der Waals surface area contributed by atoms with Crippen molar-refractivity contribution in [3.8, 4) is 0 Å². The third kappa shape index (κ3) is 2.73. The highest BCUT2D eigenvalue weighted by Crippen LogP contribution is 2.27. The number of hydrogen-bond acceptors (Lipinski definition) is 5. The number of hydrogen-bond donors (Lipinski definition) is 1. The largest absolute Gasteiger partial charge is 0.356 e. The first-order chi connectivity index (χ1) is 9.45. The first-order valence-corrected chi connectivity index (χ1v) is 8.12. The SMILES string of the molecule is CCNC(=O)CSc1nc2sc(C)c(C)c2c(=O)n1C. The molecule has 0 atom stereocenters. The van der Waals surface area contributed by atoms with Crippen molar-refractivity contribution in [2.45, 2.75) is 25.9 Å².